The molecule has 0 saturated carbocycles. The molecule has 0 spiro atoms. The summed E-state index contributed by atoms with van der Waals surface area (Å²) in [5, 5.41) is 0. The summed E-state index contributed by atoms with van der Waals surface area (Å²) in [5.74, 6) is 0. The zero-order chi connectivity index (χ0) is 18.9. The summed E-state index contributed by atoms with van der Waals surface area (Å²) in [5.41, 5.74) is 0. The number of rotatable bonds is 19. The van der Waals surface area contributed by atoms with E-state index >= 15 is 0 Å². The second kappa shape index (κ2) is 16.1. The molecule has 0 bridgehead atoms. The summed E-state index contributed by atoms with van der Waals surface area (Å²) in [7, 11) is 0. The Bertz CT molecular complexity index is 270. The van der Waals surface area contributed by atoms with Crippen LogP contribution in [0, 0.1) is 0 Å². The molecule has 2 heteroatoms. The van der Waals surface area contributed by atoms with Crippen molar-refractivity contribution < 1.29 is 0 Å². The molecule has 25 heavy (non-hydrogen) atoms. The molecule has 0 nitrogen and oxygen atoms in total. The van der Waals surface area contributed by atoms with Gasteiger partial charge in [0.05, 0.1) is 0 Å². The van der Waals surface area contributed by atoms with Crippen molar-refractivity contribution in [2.24, 2.45) is 0 Å². The van der Waals surface area contributed by atoms with Crippen molar-refractivity contribution in [3.05, 3.63) is 0 Å². The summed E-state index contributed by atoms with van der Waals surface area (Å²) in [6, 6.07) is 0. The molecule has 0 N–H and O–H groups in total. The van der Waals surface area contributed by atoms with Crippen molar-refractivity contribution in [3.63, 3.8) is 0 Å². The van der Waals surface area contributed by atoms with Gasteiger partial charge in [-0.05, 0) is 0 Å². The average molecular weight is 485 g/mol. The molecule has 0 radical (unpaired) electrons. The normalized spacial score (nSPS) is 13.7. The monoisotopic (exact) mass is 484 g/mol. The molecule has 0 heterocycles. The first-order chi connectivity index (χ1) is 12.0. The van der Waals surface area contributed by atoms with E-state index < -0.39 is 4.25 Å². The standard InChI is InChI=1S/C23H50IP/c1-5-9-10-11-12-13-14-15-16-17-18-19-23-25(24,20-6-2,21-7-3)22-8-4/h5-23H2,1-4H3. The van der Waals surface area contributed by atoms with Crippen molar-refractivity contribution >= 4 is 26.3 Å². The summed E-state index contributed by atoms with van der Waals surface area (Å²) in [4.78, 5) is 0. The van der Waals surface area contributed by atoms with Gasteiger partial charge in [-0.25, -0.2) is 0 Å². The third-order valence-electron chi connectivity index (χ3n) is 5.92. The topological polar surface area (TPSA) is 0 Å². The van der Waals surface area contributed by atoms with E-state index in [0.717, 1.165) is 0 Å². The van der Waals surface area contributed by atoms with E-state index in [-0.39, 0.29) is 0 Å². The molecule has 0 amide bonds. The number of halogens is 1. The Morgan fingerprint density at radius 1 is 0.400 bits per heavy atom. The van der Waals surface area contributed by atoms with Gasteiger partial charge >= 0.3 is 162 Å². The van der Waals surface area contributed by atoms with Crippen LogP contribution in [-0.4, -0.2) is 24.6 Å². The van der Waals surface area contributed by atoms with Crippen LogP contribution < -0.4 is 0 Å². The van der Waals surface area contributed by atoms with Crippen LogP contribution in [-0.2, 0) is 0 Å². The molecular weight excluding hydrogens is 434 g/mol. The van der Waals surface area contributed by atoms with Gasteiger partial charge in [0.25, 0.3) is 0 Å². The van der Waals surface area contributed by atoms with E-state index in [1.165, 1.54) is 96.3 Å². The Hall–Kier alpha value is 1.16. The van der Waals surface area contributed by atoms with Gasteiger partial charge in [-0.3, -0.25) is 0 Å². The summed E-state index contributed by atoms with van der Waals surface area (Å²) in [6.07, 6.45) is 28.1. The summed E-state index contributed by atoms with van der Waals surface area (Å²) >= 11 is 3.03. The number of hydrogen-bond donors (Lipinski definition) is 0. The SMILES string of the molecule is CCCCCCCCCCCCCCP(I)(CCC)(CCC)CCC. The minimum absolute atomic E-state index is 1.37. The molecule has 0 fully saturated rings. The Morgan fingerprint density at radius 3 is 1.04 bits per heavy atom. The van der Waals surface area contributed by atoms with Gasteiger partial charge in [-0.15, -0.1) is 0 Å². The molecule has 0 aliphatic carbocycles. The molecule has 0 aromatic rings. The van der Waals surface area contributed by atoms with Gasteiger partial charge in [0, 0.05) is 0 Å². The Kier molecular flexibility index (Phi) is 16.9. The molecule has 154 valence electrons. The van der Waals surface area contributed by atoms with Crippen LogP contribution in [0.4, 0.5) is 0 Å². The number of unbranched alkanes of at least 4 members (excludes halogenated alkanes) is 11. The molecule has 0 aliphatic rings. The average Bonchev–Trinajstić information content (AvgIpc) is 2.56. The maximum atomic E-state index is 3.03. The minimum atomic E-state index is -1.40. The predicted octanol–water partition coefficient (Wildman–Crippen LogP) is 9.82. The Morgan fingerprint density at radius 2 is 0.720 bits per heavy atom. The van der Waals surface area contributed by atoms with Gasteiger partial charge < -0.3 is 0 Å². The van der Waals surface area contributed by atoms with Crippen molar-refractivity contribution in [2.75, 3.05) is 24.6 Å². The van der Waals surface area contributed by atoms with Crippen molar-refractivity contribution in [1.82, 2.24) is 0 Å². The quantitative estimate of drug-likeness (QED) is 0.0972. The van der Waals surface area contributed by atoms with E-state index in [2.05, 4.69) is 49.7 Å². The molecule has 0 rings (SSSR count). The van der Waals surface area contributed by atoms with Crippen LogP contribution in [0.2, 0.25) is 0 Å². The van der Waals surface area contributed by atoms with Crippen LogP contribution in [0.15, 0.2) is 0 Å². The zero-order valence-electron chi connectivity index (χ0n) is 18.3. The fourth-order valence-corrected chi connectivity index (χ4v) is 15.8. The maximum absolute atomic E-state index is 3.03. The van der Waals surface area contributed by atoms with Crippen LogP contribution >= 0.6 is 26.3 Å². The molecule has 0 unspecified atom stereocenters. The summed E-state index contributed by atoms with van der Waals surface area (Å²) < 4.78 is -1.40. The van der Waals surface area contributed by atoms with Gasteiger partial charge in [-0.2, -0.15) is 0 Å². The fraction of sp³-hybridized carbons (Fsp3) is 1.00. The van der Waals surface area contributed by atoms with E-state index in [4.69, 9.17) is 0 Å². The summed E-state index contributed by atoms with van der Waals surface area (Å²) in [6.45, 7) is 9.54. The van der Waals surface area contributed by atoms with Crippen LogP contribution in [0.5, 0.6) is 0 Å². The first kappa shape index (κ1) is 26.2. The molecule has 0 saturated heterocycles. The molecule has 0 aliphatic heterocycles. The van der Waals surface area contributed by atoms with Gasteiger partial charge in [0.2, 0.25) is 0 Å². The zero-order valence-corrected chi connectivity index (χ0v) is 21.3. The first-order valence-corrected chi connectivity index (χ1v) is 17.5. The Labute approximate surface area is 174 Å². The van der Waals surface area contributed by atoms with Gasteiger partial charge in [0.1, 0.15) is 0 Å². The van der Waals surface area contributed by atoms with Gasteiger partial charge in [0.15, 0.2) is 0 Å². The molecule has 0 aromatic heterocycles. The van der Waals surface area contributed by atoms with Crippen LogP contribution in [0.3, 0.4) is 0 Å². The third kappa shape index (κ3) is 13.0. The van der Waals surface area contributed by atoms with Crippen molar-refractivity contribution in [3.8, 4) is 0 Å². The van der Waals surface area contributed by atoms with Crippen molar-refractivity contribution in [1.29, 1.82) is 0 Å². The molecule has 0 aromatic carbocycles. The van der Waals surface area contributed by atoms with Gasteiger partial charge in [-0.1, -0.05) is 13.3 Å². The molecule has 0 atom stereocenters. The van der Waals surface area contributed by atoms with E-state index in [0.29, 0.717) is 0 Å². The predicted molar refractivity (Wildman–Crippen MR) is 132 cm³/mol. The van der Waals surface area contributed by atoms with E-state index in [1.807, 2.05) is 0 Å². The number of hydrogen-bond acceptors (Lipinski definition) is 0. The van der Waals surface area contributed by atoms with Crippen LogP contribution in [0.1, 0.15) is 124 Å². The second-order valence-electron chi connectivity index (χ2n) is 8.60. The fourth-order valence-electron chi connectivity index (χ4n) is 4.70. The van der Waals surface area contributed by atoms with E-state index in [1.54, 1.807) is 24.6 Å². The van der Waals surface area contributed by atoms with Crippen LogP contribution in [0.25, 0.3) is 0 Å². The van der Waals surface area contributed by atoms with Crippen molar-refractivity contribution in [2.45, 2.75) is 124 Å². The third-order valence-corrected chi connectivity index (χ3v) is 17.8. The molecular formula is C23H50IP. The Balaban J connectivity index is 3.81. The van der Waals surface area contributed by atoms with E-state index in [9.17, 15) is 0 Å². The first-order valence-electron chi connectivity index (χ1n) is 11.8. The second-order valence-corrected chi connectivity index (χ2v) is 22.2.